The lowest BCUT2D eigenvalue weighted by Gasteiger charge is -2.44. The molecule has 2 atom stereocenters. The Morgan fingerprint density at radius 1 is 1.08 bits per heavy atom. The fourth-order valence-corrected chi connectivity index (χ4v) is 3.08. The Bertz CT molecular complexity index is 156. The summed E-state index contributed by atoms with van der Waals surface area (Å²) >= 11 is 0. The van der Waals surface area contributed by atoms with Gasteiger partial charge in [-0.3, -0.25) is 0 Å². The summed E-state index contributed by atoms with van der Waals surface area (Å²) in [6, 6.07) is 0.814. The minimum absolute atomic E-state index is 0.384. The number of piperidine rings is 2. The minimum atomic E-state index is 0.384. The first kappa shape index (κ1) is 9.47. The molecule has 2 fully saturated rings. The van der Waals surface area contributed by atoms with Crippen molar-refractivity contribution in [3.05, 3.63) is 0 Å². The Morgan fingerprint density at radius 2 is 1.92 bits per heavy atom. The van der Waals surface area contributed by atoms with Gasteiger partial charge in [0.05, 0.1) is 0 Å². The van der Waals surface area contributed by atoms with E-state index in [1.54, 1.807) is 0 Å². The van der Waals surface area contributed by atoms with Crippen molar-refractivity contribution in [2.45, 2.75) is 44.6 Å². The third kappa shape index (κ3) is 2.05. The average Bonchev–Trinajstić information content (AvgIpc) is 2.19. The fourth-order valence-electron chi connectivity index (χ4n) is 3.08. The van der Waals surface area contributed by atoms with Gasteiger partial charge in [-0.05, 0) is 51.1 Å². The van der Waals surface area contributed by atoms with E-state index in [-0.39, 0.29) is 0 Å². The van der Waals surface area contributed by atoms with Gasteiger partial charge >= 0.3 is 0 Å². The zero-order valence-corrected chi connectivity index (χ0v) is 8.41. The molecule has 2 nitrogen and oxygen atoms in total. The number of fused-ring (bicyclic) bond motifs is 1. The van der Waals surface area contributed by atoms with Crippen LogP contribution in [0.2, 0.25) is 0 Å². The largest absolute Gasteiger partial charge is 0.396 e. The van der Waals surface area contributed by atoms with Gasteiger partial charge in [0.2, 0.25) is 0 Å². The molecule has 2 heterocycles. The molecule has 2 aliphatic heterocycles. The van der Waals surface area contributed by atoms with Crippen molar-refractivity contribution in [2.75, 3.05) is 19.7 Å². The van der Waals surface area contributed by atoms with Crippen LogP contribution >= 0.6 is 0 Å². The van der Waals surface area contributed by atoms with Crippen LogP contribution in [-0.4, -0.2) is 35.7 Å². The Balaban J connectivity index is 1.94. The van der Waals surface area contributed by atoms with E-state index in [4.69, 9.17) is 5.11 Å². The van der Waals surface area contributed by atoms with Gasteiger partial charge in [0, 0.05) is 12.6 Å². The van der Waals surface area contributed by atoms with Crippen molar-refractivity contribution < 1.29 is 5.11 Å². The first-order valence-corrected chi connectivity index (χ1v) is 5.76. The molecule has 2 heteroatoms. The van der Waals surface area contributed by atoms with Crippen molar-refractivity contribution in [2.24, 2.45) is 5.92 Å². The van der Waals surface area contributed by atoms with Gasteiger partial charge in [-0.1, -0.05) is 6.42 Å². The van der Waals surface area contributed by atoms with Gasteiger partial charge in [0.15, 0.2) is 0 Å². The highest BCUT2D eigenvalue weighted by Gasteiger charge is 2.32. The second-order valence-corrected chi connectivity index (χ2v) is 4.51. The van der Waals surface area contributed by atoms with Gasteiger partial charge in [-0.25, -0.2) is 0 Å². The molecular weight excluding hydrogens is 162 g/mol. The molecular formula is C11H21NO. The summed E-state index contributed by atoms with van der Waals surface area (Å²) in [7, 11) is 0. The van der Waals surface area contributed by atoms with Crippen LogP contribution in [0.5, 0.6) is 0 Å². The normalized spacial score (nSPS) is 35.8. The third-order valence-electron chi connectivity index (χ3n) is 3.73. The van der Waals surface area contributed by atoms with E-state index >= 15 is 0 Å². The summed E-state index contributed by atoms with van der Waals surface area (Å²) in [6.07, 6.45) is 7.90. The monoisotopic (exact) mass is 183 g/mol. The zero-order chi connectivity index (χ0) is 9.10. The topological polar surface area (TPSA) is 23.5 Å². The molecule has 0 aromatic heterocycles. The van der Waals surface area contributed by atoms with Crippen molar-refractivity contribution in [3.63, 3.8) is 0 Å². The number of aliphatic hydroxyl groups excluding tert-OH is 1. The number of nitrogens with zero attached hydrogens (tertiary/aromatic N) is 1. The molecule has 2 rings (SSSR count). The minimum Gasteiger partial charge on any atom is -0.396 e. The summed E-state index contributed by atoms with van der Waals surface area (Å²) in [5.41, 5.74) is 0. The smallest absolute Gasteiger partial charge is 0.0434 e. The highest BCUT2D eigenvalue weighted by molar-refractivity contribution is 4.86. The molecule has 0 bridgehead atoms. The molecule has 2 aliphatic rings. The van der Waals surface area contributed by atoms with E-state index in [0.717, 1.165) is 18.4 Å². The maximum Gasteiger partial charge on any atom is 0.0434 e. The van der Waals surface area contributed by atoms with Crippen LogP contribution in [0.25, 0.3) is 0 Å². The highest BCUT2D eigenvalue weighted by atomic mass is 16.3. The van der Waals surface area contributed by atoms with Gasteiger partial charge in [-0.2, -0.15) is 0 Å². The second-order valence-electron chi connectivity index (χ2n) is 4.51. The molecule has 0 spiro atoms. The SMILES string of the molecule is OCCC1CCCN2CCCCC12. The number of hydrogen-bond donors (Lipinski definition) is 1. The molecule has 0 saturated carbocycles. The van der Waals surface area contributed by atoms with E-state index in [2.05, 4.69) is 4.90 Å². The van der Waals surface area contributed by atoms with Crippen molar-refractivity contribution in [1.29, 1.82) is 0 Å². The molecule has 0 aliphatic carbocycles. The molecule has 13 heavy (non-hydrogen) atoms. The van der Waals surface area contributed by atoms with Crippen LogP contribution in [0.3, 0.4) is 0 Å². The van der Waals surface area contributed by atoms with Crippen LogP contribution in [0, 0.1) is 5.92 Å². The predicted octanol–water partition coefficient (Wildman–Crippen LogP) is 1.63. The highest BCUT2D eigenvalue weighted by Crippen LogP contribution is 2.32. The van der Waals surface area contributed by atoms with E-state index in [9.17, 15) is 0 Å². The van der Waals surface area contributed by atoms with Crippen molar-refractivity contribution in [3.8, 4) is 0 Å². The molecule has 0 aromatic carbocycles. The molecule has 0 aromatic rings. The third-order valence-corrected chi connectivity index (χ3v) is 3.73. The zero-order valence-electron chi connectivity index (χ0n) is 8.41. The maximum absolute atomic E-state index is 8.99. The van der Waals surface area contributed by atoms with Crippen molar-refractivity contribution in [1.82, 2.24) is 4.90 Å². The summed E-state index contributed by atoms with van der Waals surface area (Å²) < 4.78 is 0. The van der Waals surface area contributed by atoms with Crippen LogP contribution < -0.4 is 0 Å². The predicted molar refractivity (Wildman–Crippen MR) is 53.6 cm³/mol. The lowest BCUT2D eigenvalue weighted by molar-refractivity contribution is 0.0476. The first-order valence-electron chi connectivity index (χ1n) is 5.76. The fraction of sp³-hybridized carbons (Fsp3) is 1.00. The quantitative estimate of drug-likeness (QED) is 0.703. The van der Waals surface area contributed by atoms with E-state index in [1.165, 1.54) is 45.2 Å². The summed E-state index contributed by atoms with van der Waals surface area (Å²) in [6.45, 7) is 3.01. The van der Waals surface area contributed by atoms with Crippen LogP contribution in [0.4, 0.5) is 0 Å². The summed E-state index contributed by atoms with van der Waals surface area (Å²) in [4.78, 5) is 2.66. The summed E-state index contributed by atoms with van der Waals surface area (Å²) in [5, 5.41) is 8.99. The molecule has 2 unspecified atom stereocenters. The molecule has 0 radical (unpaired) electrons. The van der Waals surface area contributed by atoms with Gasteiger partial charge in [-0.15, -0.1) is 0 Å². The second kappa shape index (κ2) is 4.43. The van der Waals surface area contributed by atoms with Crippen molar-refractivity contribution >= 4 is 0 Å². The molecule has 0 amide bonds. The van der Waals surface area contributed by atoms with Gasteiger partial charge < -0.3 is 10.0 Å². The number of aliphatic hydroxyl groups is 1. The van der Waals surface area contributed by atoms with E-state index in [0.29, 0.717) is 6.61 Å². The Hall–Kier alpha value is -0.0800. The average molecular weight is 183 g/mol. The van der Waals surface area contributed by atoms with E-state index < -0.39 is 0 Å². The molecule has 2 saturated heterocycles. The number of rotatable bonds is 2. The van der Waals surface area contributed by atoms with Gasteiger partial charge in [0.25, 0.3) is 0 Å². The standard InChI is InChI=1S/C11H21NO/c13-9-6-10-4-3-8-12-7-2-1-5-11(10)12/h10-11,13H,1-9H2. The Labute approximate surface area is 80.9 Å². The lowest BCUT2D eigenvalue weighted by Crippen LogP contribution is -2.48. The van der Waals surface area contributed by atoms with Crippen LogP contribution in [-0.2, 0) is 0 Å². The Kier molecular flexibility index (Phi) is 3.23. The number of hydrogen-bond acceptors (Lipinski definition) is 2. The van der Waals surface area contributed by atoms with Gasteiger partial charge in [0.1, 0.15) is 0 Å². The lowest BCUT2D eigenvalue weighted by atomic mass is 9.82. The first-order chi connectivity index (χ1) is 6.42. The van der Waals surface area contributed by atoms with E-state index in [1.807, 2.05) is 0 Å². The Morgan fingerprint density at radius 3 is 2.77 bits per heavy atom. The maximum atomic E-state index is 8.99. The van der Waals surface area contributed by atoms with Crippen LogP contribution in [0.15, 0.2) is 0 Å². The van der Waals surface area contributed by atoms with Crippen LogP contribution in [0.1, 0.15) is 38.5 Å². The molecule has 76 valence electrons. The molecule has 1 N–H and O–H groups in total. The summed E-state index contributed by atoms with van der Waals surface area (Å²) in [5.74, 6) is 0.791.